The highest BCUT2D eigenvalue weighted by Crippen LogP contribution is 2.56. The summed E-state index contributed by atoms with van der Waals surface area (Å²) in [4.78, 5) is 12.9. The van der Waals surface area contributed by atoms with E-state index < -0.39 is 7.26 Å². The molecule has 22 heavy (non-hydrogen) atoms. The van der Waals surface area contributed by atoms with Crippen LogP contribution in [0.15, 0.2) is 47.3 Å². The minimum atomic E-state index is -1.11. The third-order valence-corrected chi connectivity index (χ3v) is 11.1. The molecular formula is C19H22OPS+. The molecule has 0 atom stereocenters. The predicted molar refractivity (Wildman–Crippen MR) is 104 cm³/mol. The molecule has 0 N–H and O–H groups in total. The van der Waals surface area contributed by atoms with E-state index in [1.165, 1.54) is 23.8 Å². The van der Waals surface area contributed by atoms with Crippen LogP contribution in [-0.4, -0.2) is 18.5 Å². The van der Waals surface area contributed by atoms with Crippen LogP contribution in [0, 0.1) is 0 Å². The molecule has 0 saturated carbocycles. The summed E-state index contributed by atoms with van der Waals surface area (Å²) < 4.78 is 2.18. The predicted octanol–water partition coefficient (Wildman–Crippen LogP) is 5.12. The lowest BCUT2D eigenvalue weighted by molar-refractivity contribution is 1.32. The number of hydrogen-bond acceptors (Lipinski definition) is 2. The second-order valence-electron chi connectivity index (χ2n) is 5.70. The van der Waals surface area contributed by atoms with Crippen molar-refractivity contribution in [3.8, 4) is 0 Å². The maximum atomic E-state index is 12.9. The van der Waals surface area contributed by atoms with Gasteiger partial charge in [-0.15, -0.1) is 11.3 Å². The largest absolute Gasteiger partial charge is 0.289 e. The average Bonchev–Trinajstić information content (AvgIpc) is 2.57. The molecule has 3 aromatic rings. The van der Waals surface area contributed by atoms with Gasteiger partial charge in [-0.2, -0.15) is 0 Å². The van der Waals surface area contributed by atoms with Gasteiger partial charge in [-0.3, -0.25) is 4.79 Å². The summed E-state index contributed by atoms with van der Waals surface area (Å²) in [5, 5.41) is 3.18. The van der Waals surface area contributed by atoms with Gasteiger partial charge in [0.05, 0.1) is 23.8 Å². The summed E-state index contributed by atoms with van der Waals surface area (Å²) >= 11 is 1.72. The van der Waals surface area contributed by atoms with Crippen LogP contribution >= 0.6 is 18.6 Å². The molecule has 0 unspecified atom stereocenters. The zero-order valence-corrected chi connectivity index (χ0v) is 15.1. The summed E-state index contributed by atoms with van der Waals surface area (Å²) in [7, 11) is -1.11. The highest BCUT2D eigenvalue weighted by Gasteiger charge is 2.34. The third kappa shape index (κ3) is 2.39. The minimum Gasteiger partial charge on any atom is -0.289 e. The van der Waals surface area contributed by atoms with Gasteiger partial charge in [-0.25, -0.2) is 0 Å². The van der Waals surface area contributed by atoms with E-state index >= 15 is 0 Å². The van der Waals surface area contributed by atoms with E-state index in [1.54, 1.807) is 11.3 Å². The van der Waals surface area contributed by atoms with E-state index in [4.69, 9.17) is 0 Å². The maximum absolute atomic E-state index is 12.9. The van der Waals surface area contributed by atoms with Gasteiger partial charge in [0.25, 0.3) is 0 Å². The molecule has 3 heteroatoms. The first kappa shape index (κ1) is 15.6. The monoisotopic (exact) mass is 329 g/mol. The van der Waals surface area contributed by atoms with Crippen molar-refractivity contribution < 1.29 is 0 Å². The fraction of sp³-hybridized carbons (Fsp3) is 0.316. The molecule has 0 aliphatic carbocycles. The molecule has 0 radical (unpaired) electrons. The van der Waals surface area contributed by atoms with Gasteiger partial charge >= 0.3 is 0 Å². The van der Waals surface area contributed by atoms with Gasteiger partial charge in [0.15, 0.2) is 5.43 Å². The lowest BCUT2D eigenvalue weighted by atomic mass is 10.2. The van der Waals surface area contributed by atoms with E-state index in [0.717, 1.165) is 20.2 Å². The first-order valence-electron chi connectivity index (χ1n) is 7.97. The SMILES string of the molecule is CC[P+](CC)(CC)c1ccc2sc3ccccc3c(=O)c2c1. The van der Waals surface area contributed by atoms with E-state index in [1.807, 2.05) is 24.3 Å². The zero-order valence-electron chi connectivity index (χ0n) is 13.4. The second kappa shape index (κ2) is 6.10. The fourth-order valence-corrected chi connectivity index (χ4v) is 7.59. The number of fused-ring (bicyclic) bond motifs is 2. The van der Waals surface area contributed by atoms with Crippen molar-refractivity contribution in [1.29, 1.82) is 0 Å². The molecule has 1 heterocycles. The summed E-state index contributed by atoms with van der Waals surface area (Å²) in [5.41, 5.74) is 0.188. The van der Waals surface area contributed by atoms with Crippen LogP contribution < -0.4 is 10.7 Å². The van der Waals surface area contributed by atoms with Gasteiger partial charge in [0.2, 0.25) is 0 Å². The molecule has 0 aliphatic heterocycles. The van der Waals surface area contributed by atoms with E-state index in [9.17, 15) is 4.79 Å². The van der Waals surface area contributed by atoms with Crippen LogP contribution in [-0.2, 0) is 0 Å². The molecular weight excluding hydrogens is 307 g/mol. The third-order valence-electron chi connectivity index (χ3n) is 4.92. The summed E-state index contributed by atoms with van der Waals surface area (Å²) in [6, 6.07) is 14.6. The van der Waals surface area contributed by atoms with Crippen molar-refractivity contribution in [1.82, 2.24) is 0 Å². The Kier molecular flexibility index (Phi) is 4.34. The van der Waals surface area contributed by atoms with Crippen molar-refractivity contribution in [3.05, 3.63) is 52.7 Å². The van der Waals surface area contributed by atoms with Crippen molar-refractivity contribution in [2.24, 2.45) is 0 Å². The van der Waals surface area contributed by atoms with Crippen molar-refractivity contribution in [2.75, 3.05) is 18.5 Å². The van der Waals surface area contributed by atoms with Gasteiger partial charge < -0.3 is 0 Å². The molecule has 114 valence electrons. The first-order valence-corrected chi connectivity index (χ1v) is 11.1. The molecule has 0 amide bonds. The normalized spacial score (nSPS) is 12.1. The summed E-state index contributed by atoms with van der Waals surface area (Å²) in [6.07, 6.45) is 3.66. The Hall–Kier alpha value is -1.24. The lowest BCUT2D eigenvalue weighted by Crippen LogP contribution is -2.18. The average molecular weight is 329 g/mol. The van der Waals surface area contributed by atoms with Gasteiger partial charge in [-0.1, -0.05) is 12.1 Å². The first-order chi connectivity index (χ1) is 10.6. The lowest BCUT2D eigenvalue weighted by Gasteiger charge is -2.23. The number of rotatable bonds is 4. The molecule has 0 saturated heterocycles. The summed E-state index contributed by atoms with van der Waals surface area (Å²) in [6.45, 7) is 6.89. The van der Waals surface area contributed by atoms with Gasteiger partial charge in [-0.05, 0) is 51.1 Å². The van der Waals surface area contributed by atoms with E-state index in [0.29, 0.717) is 0 Å². The van der Waals surface area contributed by atoms with Crippen molar-refractivity contribution >= 4 is 44.1 Å². The highest BCUT2D eigenvalue weighted by atomic mass is 32.1. The summed E-state index contributed by atoms with van der Waals surface area (Å²) in [5.74, 6) is 0. The van der Waals surface area contributed by atoms with Gasteiger partial charge in [0, 0.05) is 27.4 Å². The number of hydrogen-bond donors (Lipinski definition) is 0. The van der Waals surface area contributed by atoms with Crippen LogP contribution in [0.1, 0.15) is 20.8 Å². The fourth-order valence-electron chi connectivity index (χ4n) is 3.30. The Morgan fingerprint density at radius 2 is 1.50 bits per heavy atom. The molecule has 1 aromatic heterocycles. The Morgan fingerprint density at radius 3 is 2.18 bits per heavy atom. The van der Waals surface area contributed by atoms with Crippen LogP contribution in [0.25, 0.3) is 20.2 Å². The second-order valence-corrected chi connectivity index (χ2v) is 11.5. The topological polar surface area (TPSA) is 17.1 Å². The molecule has 0 spiro atoms. The van der Waals surface area contributed by atoms with Crippen LogP contribution in [0.5, 0.6) is 0 Å². The van der Waals surface area contributed by atoms with E-state index in [-0.39, 0.29) is 5.43 Å². The van der Waals surface area contributed by atoms with Crippen LogP contribution in [0.3, 0.4) is 0 Å². The Bertz CT molecular complexity index is 869. The molecule has 0 fully saturated rings. The molecule has 3 rings (SSSR count). The molecule has 0 bridgehead atoms. The Balaban J connectivity index is 2.32. The molecule has 2 aromatic carbocycles. The zero-order chi connectivity index (χ0) is 15.7. The Morgan fingerprint density at radius 1 is 0.864 bits per heavy atom. The molecule has 1 nitrogen and oxygen atoms in total. The Labute approximate surface area is 136 Å². The highest BCUT2D eigenvalue weighted by molar-refractivity contribution is 7.82. The van der Waals surface area contributed by atoms with Crippen LogP contribution in [0.4, 0.5) is 0 Å². The van der Waals surface area contributed by atoms with Crippen molar-refractivity contribution in [3.63, 3.8) is 0 Å². The molecule has 0 aliphatic rings. The number of benzene rings is 2. The maximum Gasteiger partial charge on any atom is 0.196 e. The van der Waals surface area contributed by atoms with Crippen molar-refractivity contribution in [2.45, 2.75) is 20.8 Å². The van der Waals surface area contributed by atoms with E-state index in [2.05, 4.69) is 39.0 Å². The van der Waals surface area contributed by atoms with Gasteiger partial charge in [0.1, 0.15) is 0 Å². The quantitative estimate of drug-likeness (QED) is 0.480. The standard InChI is InChI=1S/C19H22OPS/c1-4-21(5-2,6-3)14-11-12-18-16(13-14)19(20)15-9-7-8-10-17(15)22-18/h7-13H,4-6H2,1-3H3/q+1. The smallest absolute Gasteiger partial charge is 0.196 e. The van der Waals surface area contributed by atoms with Crippen LogP contribution in [0.2, 0.25) is 0 Å². The minimum absolute atomic E-state index is 0.188.